The molecule has 1 unspecified atom stereocenters. The first-order chi connectivity index (χ1) is 6.57. The van der Waals surface area contributed by atoms with Crippen LogP contribution in [0.2, 0.25) is 0 Å². The lowest BCUT2D eigenvalue weighted by Crippen LogP contribution is -2.42. The van der Waals surface area contributed by atoms with Crippen LogP contribution in [0.4, 0.5) is 0 Å². The van der Waals surface area contributed by atoms with E-state index in [1.165, 1.54) is 0 Å². The quantitative estimate of drug-likeness (QED) is 0.728. The number of ether oxygens (including phenoxy) is 1. The van der Waals surface area contributed by atoms with Gasteiger partial charge in [0.15, 0.2) is 0 Å². The van der Waals surface area contributed by atoms with Crippen LogP contribution in [0.15, 0.2) is 18.3 Å². The van der Waals surface area contributed by atoms with Gasteiger partial charge in [0.05, 0.1) is 19.9 Å². The average molecular weight is 196 g/mol. The molecule has 0 amide bonds. The molecule has 14 heavy (non-hydrogen) atoms. The molecule has 0 aliphatic rings. The summed E-state index contributed by atoms with van der Waals surface area (Å²) in [4.78, 5) is 4.17. The highest BCUT2D eigenvalue weighted by Gasteiger charge is 2.18. The third-order valence-corrected chi connectivity index (χ3v) is 1.98. The van der Waals surface area contributed by atoms with Crippen LogP contribution in [0.25, 0.3) is 0 Å². The molecule has 0 saturated heterocycles. The summed E-state index contributed by atoms with van der Waals surface area (Å²) < 4.78 is 4.98. The summed E-state index contributed by atoms with van der Waals surface area (Å²) in [5.41, 5.74) is 6.04. The third-order valence-electron chi connectivity index (χ3n) is 1.98. The molecule has 0 aliphatic carbocycles. The van der Waals surface area contributed by atoms with Crippen LogP contribution < -0.4 is 10.5 Å². The number of aliphatic hydroxyl groups is 1. The minimum Gasteiger partial charge on any atom is -0.495 e. The summed E-state index contributed by atoms with van der Waals surface area (Å²) in [5.74, 6) is 0.719. The van der Waals surface area contributed by atoms with Crippen molar-refractivity contribution in [1.29, 1.82) is 0 Å². The highest BCUT2D eigenvalue weighted by Crippen LogP contribution is 2.12. The summed E-state index contributed by atoms with van der Waals surface area (Å²) >= 11 is 0. The van der Waals surface area contributed by atoms with Crippen LogP contribution >= 0.6 is 0 Å². The number of hydrogen-bond donors (Lipinski definition) is 2. The molecule has 0 radical (unpaired) electrons. The Labute approximate surface area is 83.7 Å². The van der Waals surface area contributed by atoms with E-state index in [4.69, 9.17) is 15.6 Å². The Balaban J connectivity index is 2.69. The first-order valence-electron chi connectivity index (χ1n) is 4.46. The zero-order valence-electron chi connectivity index (χ0n) is 8.53. The molecule has 1 aromatic rings. The largest absolute Gasteiger partial charge is 0.495 e. The Morgan fingerprint density at radius 2 is 2.29 bits per heavy atom. The van der Waals surface area contributed by atoms with Crippen LogP contribution in [0.3, 0.4) is 0 Å². The Bertz CT molecular complexity index is 283. The predicted molar refractivity (Wildman–Crippen MR) is 54.2 cm³/mol. The number of rotatable bonds is 4. The lowest BCUT2D eigenvalue weighted by molar-refractivity contribution is 0.207. The normalized spacial score (nSPS) is 14.9. The van der Waals surface area contributed by atoms with E-state index in [0.29, 0.717) is 6.42 Å². The topological polar surface area (TPSA) is 68.4 Å². The van der Waals surface area contributed by atoms with Gasteiger partial charge in [0, 0.05) is 17.7 Å². The molecule has 1 rings (SSSR count). The van der Waals surface area contributed by atoms with Gasteiger partial charge in [0.1, 0.15) is 5.75 Å². The van der Waals surface area contributed by atoms with E-state index in [9.17, 15) is 0 Å². The third kappa shape index (κ3) is 2.97. The first-order valence-corrected chi connectivity index (χ1v) is 4.46. The Kier molecular flexibility index (Phi) is 3.43. The SMILES string of the molecule is COc1ccc(CC(C)(N)CO)nc1. The molecular formula is C10H16N2O2. The first kappa shape index (κ1) is 10.9. The molecular weight excluding hydrogens is 180 g/mol. The van der Waals surface area contributed by atoms with Crippen molar-refractivity contribution in [2.24, 2.45) is 5.73 Å². The van der Waals surface area contributed by atoms with Gasteiger partial charge in [-0.05, 0) is 19.1 Å². The van der Waals surface area contributed by atoms with Gasteiger partial charge in [0.2, 0.25) is 0 Å². The number of pyridine rings is 1. The molecule has 0 fully saturated rings. The van der Waals surface area contributed by atoms with Crippen LogP contribution in [0.5, 0.6) is 5.75 Å². The number of hydrogen-bond acceptors (Lipinski definition) is 4. The number of aromatic nitrogens is 1. The predicted octanol–water partition coefficient (Wildman–Crippen LogP) is 0.342. The monoisotopic (exact) mass is 196 g/mol. The lowest BCUT2D eigenvalue weighted by atomic mass is 9.98. The molecule has 3 N–H and O–H groups in total. The van der Waals surface area contributed by atoms with Crippen LogP contribution in [0, 0.1) is 0 Å². The molecule has 1 heterocycles. The van der Waals surface area contributed by atoms with E-state index in [0.717, 1.165) is 11.4 Å². The van der Waals surface area contributed by atoms with Crippen molar-refractivity contribution in [2.75, 3.05) is 13.7 Å². The fourth-order valence-electron chi connectivity index (χ4n) is 1.11. The van der Waals surface area contributed by atoms with Gasteiger partial charge in [-0.25, -0.2) is 0 Å². The van der Waals surface area contributed by atoms with Gasteiger partial charge in [0.25, 0.3) is 0 Å². The Morgan fingerprint density at radius 1 is 1.57 bits per heavy atom. The van der Waals surface area contributed by atoms with Crippen molar-refractivity contribution in [1.82, 2.24) is 4.98 Å². The molecule has 4 heteroatoms. The molecule has 1 aromatic heterocycles. The van der Waals surface area contributed by atoms with Crippen LogP contribution in [0.1, 0.15) is 12.6 Å². The maximum Gasteiger partial charge on any atom is 0.137 e. The smallest absolute Gasteiger partial charge is 0.137 e. The molecule has 0 bridgehead atoms. The highest BCUT2D eigenvalue weighted by atomic mass is 16.5. The minimum absolute atomic E-state index is 0.0549. The zero-order valence-corrected chi connectivity index (χ0v) is 8.53. The number of nitrogens with zero attached hydrogens (tertiary/aromatic N) is 1. The Hall–Kier alpha value is -1.13. The zero-order chi connectivity index (χ0) is 10.6. The maximum absolute atomic E-state index is 8.98. The molecule has 78 valence electrons. The number of nitrogens with two attached hydrogens (primary N) is 1. The second-order valence-electron chi connectivity index (χ2n) is 3.68. The number of methoxy groups -OCH3 is 1. The maximum atomic E-state index is 8.98. The summed E-state index contributed by atoms with van der Waals surface area (Å²) in [6.45, 7) is 1.74. The van der Waals surface area contributed by atoms with Crippen molar-refractivity contribution >= 4 is 0 Å². The average Bonchev–Trinajstić information content (AvgIpc) is 2.19. The summed E-state index contributed by atoms with van der Waals surface area (Å²) in [7, 11) is 1.59. The van der Waals surface area contributed by atoms with Gasteiger partial charge in [-0.1, -0.05) is 0 Å². The van der Waals surface area contributed by atoms with E-state index in [-0.39, 0.29) is 6.61 Å². The molecule has 0 aromatic carbocycles. The van der Waals surface area contributed by atoms with Crippen molar-refractivity contribution in [3.8, 4) is 5.75 Å². The highest BCUT2D eigenvalue weighted by molar-refractivity contribution is 5.20. The standard InChI is InChI=1S/C10H16N2O2/c1-10(11,7-13)5-8-3-4-9(14-2)6-12-8/h3-4,6,13H,5,7,11H2,1-2H3. The summed E-state index contributed by atoms with van der Waals surface area (Å²) in [6, 6.07) is 3.68. The lowest BCUT2D eigenvalue weighted by Gasteiger charge is -2.20. The van der Waals surface area contributed by atoms with E-state index < -0.39 is 5.54 Å². The molecule has 4 nitrogen and oxygen atoms in total. The van der Waals surface area contributed by atoms with Crippen molar-refractivity contribution in [3.63, 3.8) is 0 Å². The minimum atomic E-state index is -0.610. The van der Waals surface area contributed by atoms with Gasteiger partial charge in [-0.3, -0.25) is 4.98 Å². The van der Waals surface area contributed by atoms with Gasteiger partial charge in [-0.2, -0.15) is 0 Å². The second kappa shape index (κ2) is 4.39. The molecule has 0 spiro atoms. The van der Waals surface area contributed by atoms with Gasteiger partial charge < -0.3 is 15.6 Å². The van der Waals surface area contributed by atoms with E-state index in [2.05, 4.69) is 4.98 Å². The van der Waals surface area contributed by atoms with Gasteiger partial charge >= 0.3 is 0 Å². The van der Waals surface area contributed by atoms with Crippen molar-refractivity contribution < 1.29 is 9.84 Å². The van der Waals surface area contributed by atoms with Crippen molar-refractivity contribution in [3.05, 3.63) is 24.0 Å². The molecule has 0 aliphatic heterocycles. The van der Waals surface area contributed by atoms with Crippen LogP contribution in [-0.4, -0.2) is 29.3 Å². The Morgan fingerprint density at radius 3 is 2.71 bits per heavy atom. The summed E-state index contributed by atoms with van der Waals surface area (Å²) in [6.07, 6.45) is 2.19. The van der Waals surface area contributed by atoms with Crippen LogP contribution in [-0.2, 0) is 6.42 Å². The summed E-state index contributed by atoms with van der Waals surface area (Å²) in [5, 5.41) is 8.98. The fourth-order valence-corrected chi connectivity index (χ4v) is 1.11. The van der Waals surface area contributed by atoms with Crippen molar-refractivity contribution in [2.45, 2.75) is 18.9 Å². The van der Waals surface area contributed by atoms with E-state index in [1.54, 1.807) is 20.2 Å². The second-order valence-corrected chi connectivity index (χ2v) is 3.68. The number of aliphatic hydroxyl groups excluding tert-OH is 1. The fraction of sp³-hybridized carbons (Fsp3) is 0.500. The molecule has 1 atom stereocenters. The van der Waals surface area contributed by atoms with E-state index in [1.807, 2.05) is 12.1 Å². The van der Waals surface area contributed by atoms with E-state index >= 15 is 0 Å². The molecule has 0 saturated carbocycles. The van der Waals surface area contributed by atoms with Gasteiger partial charge in [-0.15, -0.1) is 0 Å².